The Kier molecular flexibility index (Phi) is 8.74. The number of esters is 1. The largest absolute Gasteiger partial charge is 0.490 e. The Hall–Kier alpha value is -4.81. The molecule has 232 valence electrons. The number of aryl methyl sites for hydroxylation is 1. The third kappa shape index (κ3) is 6.05. The summed E-state index contributed by atoms with van der Waals surface area (Å²) in [7, 11) is 0. The molecule has 1 aliphatic rings. The van der Waals surface area contributed by atoms with Crippen molar-refractivity contribution in [3.8, 4) is 29.1 Å². The van der Waals surface area contributed by atoms with Crippen molar-refractivity contribution in [2.75, 3.05) is 6.61 Å². The van der Waals surface area contributed by atoms with E-state index >= 15 is 0 Å². The molecule has 1 aliphatic heterocycles. The highest BCUT2D eigenvalue weighted by Gasteiger charge is 2.32. The fraction of sp³-hybridized carbons (Fsp3) is 0.143. The van der Waals surface area contributed by atoms with Crippen LogP contribution in [0, 0.1) is 18.3 Å². The number of rotatable bonds is 8. The molecule has 0 saturated carbocycles. The summed E-state index contributed by atoms with van der Waals surface area (Å²) in [5.74, 6) is 0.207. The van der Waals surface area contributed by atoms with Crippen molar-refractivity contribution in [1.29, 1.82) is 5.26 Å². The minimum absolute atomic E-state index is 0.0593. The van der Waals surface area contributed by atoms with Gasteiger partial charge in [-0.3, -0.25) is 0 Å². The molecule has 4 aromatic carbocycles. The van der Waals surface area contributed by atoms with E-state index in [4.69, 9.17) is 63.9 Å². The highest BCUT2D eigenvalue weighted by atomic mass is 35.5. The lowest BCUT2D eigenvalue weighted by molar-refractivity contribution is 0.0702. The number of allylic oxidation sites excluding steroid dienone is 1. The van der Waals surface area contributed by atoms with Crippen molar-refractivity contribution in [3.63, 3.8) is 0 Å². The Bertz CT molecular complexity index is 2080. The first kappa shape index (κ1) is 31.2. The number of hydrogen-bond acceptors (Lipinski definition) is 8. The van der Waals surface area contributed by atoms with Crippen LogP contribution in [-0.2, 0) is 6.61 Å². The van der Waals surface area contributed by atoms with Gasteiger partial charge in [-0.05, 0) is 67.9 Å². The van der Waals surface area contributed by atoms with Gasteiger partial charge in [0.1, 0.15) is 35.3 Å². The van der Waals surface area contributed by atoms with Crippen LogP contribution in [0.5, 0.6) is 23.0 Å². The average molecular weight is 676 g/mol. The predicted molar refractivity (Wildman–Crippen MR) is 175 cm³/mol. The highest BCUT2D eigenvalue weighted by Crippen LogP contribution is 2.45. The summed E-state index contributed by atoms with van der Waals surface area (Å²) in [5, 5.41) is 12.3. The highest BCUT2D eigenvalue weighted by molar-refractivity contribution is 6.35. The number of ether oxygens (including phenoxy) is 4. The summed E-state index contributed by atoms with van der Waals surface area (Å²) in [4.78, 5) is 13.1. The van der Waals surface area contributed by atoms with E-state index in [9.17, 15) is 10.1 Å². The van der Waals surface area contributed by atoms with Gasteiger partial charge in [0.15, 0.2) is 11.5 Å². The number of carbonyl (C=O) groups excluding carboxylic acids is 1. The molecule has 6 rings (SSSR count). The summed E-state index contributed by atoms with van der Waals surface area (Å²) in [6.45, 7) is 4.18. The number of hydrogen-bond donors (Lipinski definition) is 1. The fourth-order valence-corrected chi connectivity index (χ4v) is 5.90. The Morgan fingerprint density at radius 2 is 1.74 bits per heavy atom. The fourth-order valence-electron chi connectivity index (χ4n) is 5.27. The second-order valence-corrected chi connectivity index (χ2v) is 11.7. The first-order chi connectivity index (χ1) is 22.2. The first-order valence-electron chi connectivity index (χ1n) is 14.1. The van der Waals surface area contributed by atoms with E-state index in [0.717, 1.165) is 10.9 Å². The van der Waals surface area contributed by atoms with Gasteiger partial charge in [0.2, 0.25) is 11.6 Å². The van der Waals surface area contributed by atoms with Gasteiger partial charge in [-0.2, -0.15) is 5.26 Å². The lowest BCUT2D eigenvalue weighted by Gasteiger charge is -2.27. The van der Waals surface area contributed by atoms with Gasteiger partial charge in [-0.1, -0.05) is 53.0 Å². The molecule has 8 nitrogen and oxygen atoms in total. The van der Waals surface area contributed by atoms with Crippen molar-refractivity contribution in [1.82, 2.24) is 0 Å². The number of carbonyl (C=O) groups is 1. The number of fused-ring (bicyclic) bond motifs is 2. The minimum atomic E-state index is -0.685. The van der Waals surface area contributed by atoms with E-state index in [1.807, 2.05) is 13.0 Å². The van der Waals surface area contributed by atoms with Crippen LogP contribution in [0.3, 0.4) is 0 Å². The van der Waals surface area contributed by atoms with Crippen LogP contribution in [0.15, 0.2) is 88.7 Å². The molecule has 2 N–H and O–H groups in total. The summed E-state index contributed by atoms with van der Waals surface area (Å²) < 4.78 is 29.2. The van der Waals surface area contributed by atoms with E-state index in [1.165, 1.54) is 0 Å². The second-order valence-electron chi connectivity index (χ2n) is 10.4. The number of nitrogens with zero attached hydrogens (tertiary/aromatic N) is 1. The molecule has 2 heterocycles. The van der Waals surface area contributed by atoms with E-state index in [2.05, 4.69) is 6.07 Å². The zero-order valence-electron chi connectivity index (χ0n) is 24.5. The van der Waals surface area contributed by atoms with Gasteiger partial charge in [0.05, 0.1) is 12.5 Å². The third-order valence-corrected chi connectivity index (χ3v) is 8.31. The molecule has 1 atom stereocenters. The van der Waals surface area contributed by atoms with Crippen LogP contribution in [0.4, 0.5) is 0 Å². The van der Waals surface area contributed by atoms with Gasteiger partial charge < -0.3 is 29.1 Å². The Labute approximate surface area is 279 Å². The molecule has 0 aliphatic carbocycles. The van der Waals surface area contributed by atoms with Gasteiger partial charge in [-0.25, -0.2) is 4.79 Å². The zero-order valence-corrected chi connectivity index (χ0v) is 26.8. The summed E-state index contributed by atoms with van der Waals surface area (Å²) in [5.41, 5.74) is 9.70. The van der Waals surface area contributed by atoms with E-state index < -0.39 is 11.9 Å². The molecule has 0 saturated heterocycles. The number of furan rings is 1. The van der Waals surface area contributed by atoms with Crippen molar-refractivity contribution in [2.45, 2.75) is 26.4 Å². The van der Waals surface area contributed by atoms with Crippen molar-refractivity contribution < 1.29 is 28.2 Å². The molecule has 5 aromatic rings. The van der Waals surface area contributed by atoms with Gasteiger partial charge >= 0.3 is 5.97 Å². The van der Waals surface area contributed by atoms with Crippen molar-refractivity contribution >= 4 is 51.7 Å². The topological polar surface area (TPSA) is 117 Å². The lowest BCUT2D eigenvalue weighted by atomic mass is 9.83. The van der Waals surface area contributed by atoms with Gasteiger partial charge in [0, 0.05) is 43.2 Å². The molecule has 0 amide bonds. The molecule has 1 aromatic heterocycles. The monoisotopic (exact) mass is 674 g/mol. The molecule has 0 fully saturated rings. The van der Waals surface area contributed by atoms with E-state index in [1.54, 1.807) is 73.7 Å². The van der Waals surface area contributed by atoms with Gasteiger partial charge in [0.25, 0.3) is 0 Å². The van der Waals surface area contributed by atoms with Crippen LogP contribution < -0.4 is 24.7 Å². The zero-order chi connectivity index (χ0) is 32.5. The second kappa shape index (κ2) is 12.9. The summed E-state index contributed by atoms with van der Waals surface area (Å²) in [6, 6.07) is 22.8. The average Bonchev–Trinajstić information content (AvgIpc) is 3.36. The van der Waals surface area contributed by atoms with Crippen LogP contribution in [0.2, 0.25) is 15.1 Å². The molecule has 0 radical (unpaired) electrons. The molecular weight excluding hydrogens is 651 g/mol. The maximum atomic E-state index is 13.1. The Morgan fingerprint density at radius 1 is 0.957 bits per heavy atom. The Morgan fingerprint density at radius 3 is 2.50 bits per heavy atom. The number of nitriles is 1. The molecule has 0 spiro atoms. The third-order valence-electron chi connectivity index (χ3n) is 7.48. The summed E-state index contributed by atoms with van der Waals surface area (Å²) >= 11 is 18.5. The number of halogens is 3. The maximum Gasteiger partial charge on any atom is 0.379 e. The SMILES string of the molecule is CCOc1cc(C2C(C#N)=C(N)Oc3cc(OC(=O)c4oc5ccc(Cl)cc5c4C)ccc32)ccc1OCc1ccc(Cl)cc1Cl. The minimum Gasteiger partial charge on any atom is -0.490 e. The molecule has 46 heavy (non-hydrogen) atoms. The van der Waals surface area contributed by atoms with Crippen molar-refractivity contribution in [3.05, 3.63) is 127 Å². The molecule has 11 heteroatoms. The van der Waals surface area contributed by atoms with Crippen LogP contribution in [-0.4, -0.2) is 12.6 Å². The van der Waals surface area contributed by atoms with E-state index in [-0.39, 0.29) is 29.6 Å². The lowest BCUT2D eigenvalue weighted by Crippen LogP contribution is -2.21. The van der Waals surface area contributed by atoms with Crippen LogP contribution >= 0.6 is 34.8 Å². The van der Waals surface area contributed by atoms with Crippen LogP contribution in [0.1, 0.15) is 45.7 Å². The molecule has 1 unspecified atom stereocenters. The summed E-state index contributed by atoms with van der Waals surface area (Å²) in [6.07, 6.45) is 0. The van der Waals surface area contributed by atoms with E-state index in [0.29, 0.717) is 61.2 Å². The quantitative estimate of drug-likeness (QED) is 0.128. The Balaban J connectivity index is 1.29. The standard InChI is InChI=1S/C35H25Cl3N2O6/c1-3-42-31-12-19(5-10-29(31)43-17-20-4-6-22(37)14-27(20)38)32-24-9-8-23(15-30(24)46-34(40)26(32)16-39)44-35(41)33-18(2)25-13-21(36)7-11-28(25)45-33/h4-15,32H,3,17,40H2,1-2H3. The maximum absolute atomic E-state index is 13.1. The predicted octanol–water partition coefficient (Wildman–Crippen LogP) is 9.12. The smallest absolute Gasteiger partial charge is 0.379 e. The van der Waals surface area contributed by atoms with Crippen LogP contribution in [0.25, 0.3) is 11.0 Å². The number of benzene rings is 4. The molecular formula is C35H25Cl3N2O6. The normalized spacial score (nSPS) is 14.0. The number of nitrogens with two attached hydrogens (primary N) is 1. The van der Waals surface area contributed by atoms with Gasteiger partial charge in [-0.15, -0.1) is 0 Å². The first-order valence-corrected chi connectivity index (χ1v) is 15.3. The van der Waals surface area contributed by atoms with Crippen molar-refractivity contribution in [2.24, 2.45) is 5.73 Å². The molecule has 0 bridgehead atoms.